The van der Waals surface area contributed by atoms with E-state index < -0.39 is 45.1 Å². The molecule has 0 bridgehead atoms. The van der Waals surface area contributed by atoms with Crippen LogP contribution in [0.1, 0.15) is 29.0 Å². The average Bonchev–Trinajstić information content (AvgIpc) is 2.72. The number of aryl methyl sites for hydroxylation is 1. The minimum Gasteiger partial charge on any atom is -0.378 e. The minimum atomic E-state index is -7.37. The van der Waals surface area contributed by atoms with Crippen LogP contribution in [0.2, 0.25) is 0 Å². The topological polar surface area (TPSA) is 43.4 Å². The fourth-order valence-electron chi connectivity index (χ4n) is 3.00. The summed E-state index contributed by atoms with van der Waals surface area (Å²) in [6.07, 6.45) is -6.87. The zero-order chi connectivity index (χ0) is 26.2. The van der Waals surface area contributed by atoms with Gasteiger partial charge in [0.05, 0.1) is 0 Å². The molecule has 0 aliphatic heterocycles. The molecule has 0 aliphatic rings. The van der Waals surface area contributed by atoms with Crippen molar-refractivity contribution in [1.29, 1.82) is 0 Å². The number of hydrogen-bond donors (Lipinski definition) is 0. The molecule has 1 unspecified atom stereocenters. The molecule has 0 saturated heterocycles. The Kier molecular flexibility index (Phi) is 8.17. The van der Waals surface area contributed by atoms with Crippen LogP contribution < -0.4 is 4.18 Å². The predicted molar refractivity (Wildman–Crippen MR) is 113 cm³/mol. The van der Waals surface area contributed by atoms with Crippen LogP contribution in [-0.2, 0) is 10.1 Å². The number of halogens is 10. The largest absolute Gasteiger partial charge is 0.460 e. The van der Waals surface area contributed by atoms with Crippen molar-refractivity contribution in [2.45, 2.75) is 42.5 Å². The van der Waals surface area contributed by atoms with Gasteiger partial charge in [-0.3, -0.25) is 0 Å². The second-order valence-electron chi connectivity index (χ2n) is 7.18. The molecule has 0 saturated carbocycles. The van der Waals surface area contributed by atoms with E-state index in [0.717, 1.165) is 6.07 Å². The van der Waals surface area contributed by atoms with E-state index in [4.69, 9.17) is 0 Å². The maximum Gasteiger partial charge on any atom is 0.460 e. The predicted octanol–water partition coefficient (Wildman–Crippen LogP) is 7.09. The highest BCUT2D eigenvalue weighted by atomic mass is 127. The Labute approximate surface area is 202 Å². The van der Waals surface area contributed by atoms with Gasteiger partial charge in [0.25, 0.3) is 0 Å². The van der Waals surface area contributed by atoms with Gasteiger partial charge < -0.3 is 4.18 Å². The maximum absolute atomic E-state index is 14.1. The number of hydrogen-bond acceptors (Lipinski definition) is 3. The zero-order valence-electron chi connectivity index (χ0n) is 17.0. The monoisotopic (exact) mass is 634 g/mol. The number of alkyl halides is 10. The summed E-state index contributed by atoms with van der Waals surface area (Å²) in [5.41, 5.74) is 0.982. The smallest absolute Gasteiger partial charge is 0.378 e. The van der Waals surface area contributed by atoms with E-state index in [0.29, 0.717) is 22.0 Å². The quantitative estimate of drug-likeness (QED) is 0.128. The van der Waals surface area contributed by atoms with E-state index in [2.05, 4.69) is 4.18 Å². The molecule has 2 rings (SSSR count). The van der Waals surface area contributed by atoms with Gasteiger partial charge in [-0.1, -0.05) is 70.6 Å². The van der Waals surface area contributed by atoms with Crippen molar-refractivity contribution in [2.75, 3.05) is 4.43 Å². The van der Waals surface area contributed by atoms with Crippen LogP contribution in [0, 0.1) is 6.92 Å². The minimum absolute atomic E-state index is 0.0619. The van der Waals surface area contributed by atoms with Gasteiger partial charge in [-0.2, -0.15) is 47.9 Å². The number of rotatable bonds is 9. The third kappa shape index (κ3) is 5.11. The Morgan fingerprint density at radius 1 is 0.882 bits per heavy atom. The molecule has 0 aromatic heterocycles. The van der Waals surface area contributed by atoms with E-state index in [1.807, 2.05) is 22.6 Å². The lowest BCUT2D eigenvalue weighted by Crippen LogP contribution is -2.63. The Morgan fingerprint density at radius 3 is 1.94 bits per heavy atom. The second-order valence-corrected chi connectivity index (χ2v) is 9.85. The number of benzene rings is 2. The Bertz CT molecular complexity index is 1100. The molecule has 0 amide bonds. The van der Waals surface area contributed by atoms with E-state index in [9.17, 15) is 47.9 Å². The molecule has 3 nitrogen and oxygen atoms in total. The zero-order valence-corrected chi connectivity index (χ0v) is 20.0. The highest BCUT2D eigenvalue weighted by Crippen LogP contribution is 2.55. The van der Waals surface area contributed by atoms with Gasteiger partial charge in [0.2, 0.25) is 0 Å². The first-order valence-corrected chi connectivity index (χ1v) is 12.2. The van der Waals surface area contributed by atoms with Gasteiger partial charge in [0.15, 0.2) is 0 Å². The summed E-state index contributed by atoms with van der Waals surface area (Å²) >= 11 is 1.98. The third-order valence-corrected chi connectivity index (χ3v) is 6.68. The molecule has 0 fully saturated rings. The van der Waals surface area contributed by atoms with Crippen molar-refractivity contribution in [1.82, 2.24) is 0 Å². The summed E-state index contributed by atoms with van der Waals surface area (Å²) < 4.78 is 148. The fourth-order valence-corrected chi connectivity index (χ4v) is 4.56. The van der Waals surface area contributed by atoms with E-state index in [1.165, 1.54) is 12.1 Å². The second kappa shape index (κ2) is 9.74. The van der Waals surface area contributed by atoms with Crippen molar-refractivity contribution in [3.8, 4) is 5.75 Å². The van der Waals surface area contributed by atoms with Crippen molar-refractivity contribution >= 4 is 32.7 Å². The average molecular weight is 634 g/mol. The van der Waals surface area contributed by atoms with Crippen LogP contribution >= 0.6 is 22.6 Å². The first-order chi connectivity index (χ1) is 15.4. The van der Waals surface area contributed by atoms with Gasteiger partial charge in [0.1, 0.15) is 5.75 Å². The van der Waals surface area contributed by atoms with E-state index >= 15 is 0 Å². The molecule has 2 aromatic rings. The van der Waals surface area contributed by atoms with Crippen LogP contribution in [0.25, 0.3) is 0 Å². The van der Waals surface area contributed by atoms with Crippen LogP contribution in [0.3, 0.4) is 0 Å². The van der Waals surface area contributed by atoms with Crippen LogP contribution in [0.4, 0.5) is 39.5 Å². The molecular formula is C20H16F9IO3S. The van der Waals surface area contributed by atoms with Crippen LogP contribution in [0.5, 0.6) is 5.75 Å². The van der Waals surface area contributed by atoms with Crippen LogP contribution in [0.15, 0.2) is 48.5 Å². The first kappa shape index (κ1) is 28.5. The highest BCUT2D eigenvalue weighted by molar-refractivity contribution is 14.1. The first-order valence-electron chi connectivity index (χ1n) is 9.26. The summed E-state index contributed by atoms with van der Waals surface area (Å²) in [5.74, 6) is -16.4. The Balaban J connectivity index is 2.60. The standard InChI is InChI=1S/C20H16F9IO3S/c1-12-7-8-16(15(11-12)14(9-10-30)13-5-3-2-4-6-13)33-34(31,32)20(28,29)18(23,24)17(21,22)19(25,26)27/h2-8,11,14H,9-10H2,1H3. The van der Waals surface area contributed by atoms with Gasteiger partial charge in [-0.05, 0) is 25.0 Å². The third-order valence-electron chi connectivity index (χ3n) is 4.77. The molecule has 2 aromatic carbocycles. The molecule has 0 heterocycles. The van der Waals surface area contributed by atoms with Crippen molar-refractivity contribution in [3.05, 3.63) is 65.2 Å². The van der Waals surface area contributed by atoms with E-state index in [-0.39, 0.29) is 5.56 Å². The highest BCUT2D eigenvalue weighted by Gasteiger charge is 2.86. The fraction of sp³-hybridized carbons (Fsp3) is 0.400. The summed E-state index contributed by atoms with van der Waals surface area (Å²) in [4.78, 5) is 0. The molecular weight excluding hydrogens is 618 g/mol. The van der Waals surface area contributed by atoms with Gasteiger partial charge in [0, 0.05) is 15.9 Å². The van der Waals surface area contributed by atoms with Gasteiger partial charge >= 0.3 is 33.4 Å². The lowest BCUT2D eigenvalue weighted by atomic mass is 9.88. The summed E-state index contributed by atoms with van der Waals surface area (Å²) in [6.45, 7) is 1.54. The van der Waals surface area contributed by atoms with Crippen molar-refractivity contribution in [3.63, 3.8) is 0 Å². The molecule has 34 heavy (non-hydrogen) atoms. The summed E-state index contributed by atoms with van der Waals surface area (Å²) in [7, 11) is -7.05. The molecule has 0 N–H and O–H groups in total. The maximum atomic E-state index is 14.1. The normalized spacial score (nSPS) is 14.7. The van der Waals surface area contributed by atoms with Gasteiger partial charge in [-0.25, -0.2) is 0 Å². The molecule has 0 aliphatic carbocycles. The molecule has 1 atom stereocenters. The lowest BCUT2D eigenvalue weighted by Gasteiger charge is -2.32. The Hall–Kier alpha value is -1.71. The molecule has 190 valence electrons. The lowest BCUT2D eigenvalue weighted by molar-refractivity contribution is -0.382. The Morgan fingerprint density at radius 2 is 1.44 bits per heavy atom. The van der Waals surface area contributed by atoms with Crippen molar-refractivity contribution < 1.29 is 52.1 Å². The van der Waals surface area contributed by atoms with Crippen LogP contribution in [-0.4, -0.2) is 36.1 Å². The SMILES string of the molecule is Cc1ccc(OS(=O)(=O)C(F)(F)C(F)(F)C(F)(F)C(F)(F)F)c(C(CCI)c2ccccc2)c1. The van der Waals surface area contributed by atoms with E-state index in [1.54, 1.807) is 37.3 Å². The molecule has 14 heteroatoms. The molecule has 0 radical (unpaired) electrons. The van der Waals surface area contributed by atoms with Crippen molar-refractivity contribution in [2.24, 2.45) is 0 Å². The summed E-state index contributed by atoms with van der Waals surface area (Å²) in [6, 6.07) is 11.5. The summed E-state index contributed by atoms with van der Waals surface area (Å²) in [5, 5.41) is -6.94. The van der Waals surface area contributed by atoms with Gasteiger partial charge in [-0.15, -0.1) is 0 Å². The molecule has 0 spiro atoms.